The number of aromatic nitrogens is 1. The molecule has 0 aromatic carbocycles. The van der Waals surface area contributed by atoms with Crippen LogP contribution in [0, 0.1) is 15.5 Å². The normalized spacial score (nSPS) is 21.2. The highest BCUT2D eigenvalue weighted by Crippen LogP contribution is 2.37. The van der Waals surface area contributed by atoms with E-state index in [-0.39, 0.29) is 23.0 Å². The van der Waals surface area contributed by atoms with Crippen LogP contribution in [0.2, 0.25) is 0 Å². The van der Waals surface area contributed by atoms with Gasteiger partial charge in [0.25, 0.3) is 0 Å². The van der Waals surface area contributed by atoms with E-state index in [1.807, 2.05) is 0 Å². The Hall–Kier alpha value is -1.89. The smallest absolute Gasteiger partial charge is 0.311 e. The molecule has 0 aliphatic heterocycles. The monoisotopic (exact) mass is 279 g/mol. The molecule has 1 aliphatic rings. The number of hydrazine groups is 1. The molecule has 1 aliphatic carbocycles. The van der Waals surface area contributed by atoms with Crippen molar-refractivity contribution >= 4 is 17.3 Å². The molecule has 7 nitrogen and oxygen atoms in total. The minimum atomic E-state index is -0.427. The standard InChI is InChI=1S/C13H21N5O2/c1-13(2)7-3-4-9(8-13)15-12-10(18(19)20)5-6-11(16-12)17-14/h5-6,9H,3-4,7-8,14H2,1-2H3,(H2,15,16,17). The predicted octanol–water partition coefficient (Wildman–Crippen LogP) is 2.66. The molecule has 0 amide bonds. The molecule has 0 spiro atoms. The van der Waals surface area contributed by atoms with Crippen LogP contribution >= 0.6 is 0 Å². The van der Waals surface area contributed by atoms with Crippen LogP contribution in [-0.2, 0) is 0 Å². The number of nitrogen functional groups attached to an aromatic ring is 1. The molecule has 1 heterocycles. The molecule has 1 atom stereocenters. The molecule has 0 bridgehead atoms. The summed E-state index contributed by atoms with van der Waals surface area (Å²) < 4.78 is 0. The van der Waals surface area contributed by atoms with Crippen molar-refractivity contribution < 1.29 is 4.92 Å². The maximum Gasteiger partial charge on any atom is 0.311 e. The molecule has 4 N–H and O–H groups in total. The first-order chi connectivity index (χ1) is 9.41. The molecule has 1 fully saturated rings. The molecular formula is C13H21N5O2. The molecule has 0 saturated heterocycles. The van der Waals surface area contributed by atoms with E-state index in [1.165, 1.54) is 18.6 Å². The molecule has 1 saturated carbocycles. The average molecular weight is 279 g/mol. The van der Waals surface area contributed by atoms with Crippen LogP contribution in [0.1, 0.15) is 39.5 Å². The highest BCUT2D eigenvalue weighted by molar-refractivity contribution is 5.60. The van der Waals surface area contributed by atoms with Crippen LogP contribution < -0.4 is 16.6 Å². The fourth-order valence-electron chi connectivity index (χ4n) is 2.80. The summed E-state index contributed by atoms with van der Waals surface area (Å²) in [6.45, 7) is 4.45. The number of rotatable bonds is 4. The summed E-state index contributed by atoms with van der Waals surface area (Å²) in [4.78, 5) is 14.8. The zero-order valence-electron chi connectivity index (χ0n) is 11.8. The zero-order valence-corrected chi connectivity index (χ0v) is 11.8. The first-order valence-electron chi connectivity index (χ1n) is 6.80. The van der Waals surface area contributed by atoms with E-state index in [0.717, 1.165) is 19.3 Å². The van der Waals surface area contributed by atoms with Crippen molar-refractivity contribution in [1.29, 1.82) is 0 Å². The second-order valence-electron chi connectivity index (χ2n) is 6.07. The van der Waals surface area contributed by atoms with Gasteiger partial charge in [0, 0.05) is 12.1 Å². The van der Waals surface area contributed by atoms with E-state index in [4.69, 9.17) is 5.84 Å². The third kappa shape index (κ3) is 3.36. The van der Waals surface area contributed by atoms with E-state index in [2.05, 4.69) is 29.6 Å². The topological polar surface area (TPSA) is 106 Å². The van der Waals surface area contributed by atoms with Gasteiger partial charge in [-0.2, -0.15) is 0 Å². The molecule has 110 valence electrons. The van der Waals surface area contributed by atoms with E-state index in [1.54, 1.807) is 0 Å². The minimum absolute atomic E-state index is 0.0209. The number of nitrogens with zero attached hydrogens (tertiary/aromatic N) is 2. The Morgan fingerprint density at radius 2 is 2.25 bits per heavy atom. The van der Waals surface area contributed by atoms with Gasteiger partial charge in [-0.3, -0.25) is 10.1 Å². The van der Waals surface area contributed by atoms with Crippen molar-refractivity contribution in [2.24, 2.45) is 11.3 Å². The van der Waals surface area contributed by atoms with Crippen molar-refractivity contribution in [3.8, 4) is 0 Å². The van der Waals surface area contributed by atoms with E-state index in [0.29, 0.717) is 5.82 Å². The molecule has 1 unspecified atom stereocenters. The van der Waals surface area contributed by atoms with Gasteiger partial charge in [0.1, 0.15) is 5.82 Å². The maximum absolute atomic E-state index is 11.1. The summed E-state index contributed by atoms with van der Waals surface area (Å²) in [6.07, 6.45) is 4.28. The fraction of sp³-hybridized carbons (Fsp3) is 0.615. The predicted molar refractivity (Wildman–Crippen MR) is 78.4 cm³/mol. The largest absolute Gasteiger partial charge is 0.362 e. The summed E-state index contributed by atoms with van der Waals surface area (Å²) in [5.41, 5.74) is 2.65. The Bertz CT molecular complexity index is 504. The molecule has 0 radical (unpaired) electrons. The number of pyridine rings is 1. The number of anilines is 2. The van der Waals surface area contributed by atoms with Crippen LogP contribution in [0.25, 0.3) is 0 Å². The van der Waals surface area contributed by atoms with Gasteiger partial charge >= 0.3 is 5.69 Å². The average Bonchev–Trinajstić information content (AvgIpc) is 2.37. The minimum Gasteiger partial charge on any atom is -0.362 e. The van der Waals surface area contributed by atoms with Gasteiger partial charge < -0.3 is 10.7 Å². The van der Waals surface area contributed by atoms with Crippen molar-refractivity contribution in [2.75, 3.05) is 10.7 Å². The third-order valence-corrected chi connectivity index (χ3v) is 3.76. The van der Waals surface area contributed by atoms with Crippen LogP contribution in [0.3, 0.4) is 0 Å². The second-order valence-corrected chi connectivity index (χ2v) is 6.07. The lowest BCUT2D eigenvalue weighted by atomic mass is 9.75. The molecule has 1 aromatic rings. The summed E-state index contributed by atoms with van der Waals surface area (Å²) in [7, 11) is 0. The van der Waals surface area contributed by atoms with Gasteiger partial charge in [0.15, 0.2) is 0 Å². The van der Waals surface area contributed by atoms with Gasteiger partial charge in [-0.1, -0.05) is 20.3 Å². The van der Waals surface area contributed by atoms with Crippen molar-refractivity contribution in [1.82, 2.24) is 4.98 Å². The van der Waals surface area contributed by atoms with E-state index in [9.17, 15) is 10.1 Å². The Kier molecular flexibility index (Phi) is 4.08. The summed E-state index contributed by atoms with van der Waals surface area (Å²) in [5.74, 6) is 6.01. The molecule has 7 heteroatoms. The van der Waals surface area contributed by atoms with Crippen molar-refractivity contribution in [3.63, 3.8) is 0 Å². The number of nitrogens with two attached hydrogens (primary N) is 1. The zero-order chi connectivity index (χ0) is 14.8. The maximum atomic E-state index is 11.1. The lowest BCUT2D eigenvalue weighted by molar-refractivity contribution is -0.384. The Morgan fingerprint density at radius 1 is 1.50 bits per heavy atom. The Labute approximate surface area is 118 Å². The number of hydrogen-bond donors (Lipinski definition) is 3. The lowest BCUT2D eigenvalue weighted by Gasteiger charge is -2.35. The van der Waals surface area contributed by atoms with Gasteiger partial charge in [-0.25, -0.2) is 10.8 Å². The van der Waals surface area contributed by atoms with E-state index < -0.39 is 4.92 Å². The molecule has 2 rings (SSSR count). The van der Waals surface area contributed by atoms with Crippen molar-refractivity contribution in [3.05, 3.63) is 22.2 Å². The van der Waals surface area contributed by atoms with Gasteiger partial charge in [-0.15, -0.1) is 0 Å². The number of hydrogen-bond acceptors (Lipinski definition) is 6. The van der Waals surface area contributed by atoms with E-state index >= 15 is 0 Å². The molecule has 1 aromatic heterocycles. The quantitative estimate of drug-likeness (QED) is 0.444. The van der Waals surface area contributed by atoms with Crippen LogP contribution in [-0.4, -0.2) is 15.9 Å². The Morgan fingerprint density at radius 3 is 2.85 bits per heavy atom. The molecule has 20 heavy (non-hydrogen) atoms. The highest BCUT2D eigenvalue weighted by atomic mass is 16.6. The lowest BCUT2D eigenvalue weighted by Crippen LogP contribution is -2.32. The summed E-state index contributed by atoms with van der Waals surface area (Å²) >= 11 is 0. The summed E-state index contributed by atoms with van der Waals surface area (Å²) in [6, 6.07) is 3.12. The second kappa shape index (κ2) is 5.62. The first-order valence-corrected chi connectivity index (χ1v) is 6.80. The van der Waals surface area contributed by atoms with Gasteiger partial charge in [0.2, 0.25) is 5.82 Å². The third-order valence-electron chi connectivity index (χ3n) is 3.76. The van der Waals surface area contributed by atoms with Gasteiger partial charge in [0.05, 0.1) is 4.92 Å². The van der Waals surface area contributed by atoms with Crippen LogP contribution in [0.4, 0.5) is 17.3 Å². The van der Waals surface area contributed by atoms with Crippen LogP contribution in [0.5, 0.6) is 0 Å². The van der Waals surface area contributed by atoms with Gasteiger partial charge in [-0.05, 0) is 30.7 Å². The van der Waals surface area contributed by atoms with Crippen LogP contribution in [0.15, 0.2) is 12.1 Å². The molecular weight excluding hydrogens is 258 g/mol. The van der Waals surface area contributed by atoms with Crippen molar-refractivity contribution in [2.45, 2.75) is 45.6 Å². The fourth-order valence-corrected chi connectivity index (χ4v) is 2.80. The number of nitro groups is 1. The Balaban J connectivity index is 2.20. The highest BCUT2D eigenvalue weighted by Gasteiger charge is 2.29. The number of nitrogens with one attached hydrogen (secondary N) is 2. The SMILES string of the molecule is CC1(C)CCCC(Nc2nc(NN)ccc2[N+](=O)[O-])C1. The summed E-state index contributed by atoms with van der Waals surface area (Å²) in [5, 5.41) is 14.3. The first kappa shape index (κ1) is 14.5.